The molecule has 0 aliphatic heterocycles. The maximum Gasteiger partial charge on any atom is 0.224 e. The van der Waals surface area contributed by atoms with E-state index in [0.29, 0.717) is 24.5 Å². The van der Waals surface area contributed by atoms with Gasteiger partial charge in [-0.05, 0) is 31.2 Å². The monoisotopic (exact) mass is 372 g/mol. The highest BCUT2D eigenvalue weighted by molar-refractivity contribution is 5.91. The number of aromatic nitrogens is 3. The minimum Gasteiger partial charge on any atom is -0.441 e. The Morgan fingerprint density at radius 1 is 1.11 bits per heavy atom. The smallest absolute Gasteiger partial charge is 0.224 e. The number of nitrogens with zero attached hydrogens (tertiary/aromatic N) is 3. The standard InChI is InChI=1S/C22H20N4O2/c1-16-12-13-24-26(16)19-9-5-8-18(14-19)25-21(27)10-11-22-23-15-20(28-22)17-6-3-2-4-7-17/h2-9,12-15H,10-11H2,1H3,(H,25,27). The summed E-state index contributed by atoms with van der Waals surface area (Å²) in [5, 5.41) is 7.22. The number of hydrogen-bond acceptors (Lipinski definition) is 4. The first-order chi connectivity index (χ1) is 13.7. The van der Waals surface area contributed by atoms with Crippen LogP contribution in [0.4, 0.5) is 5.69 Å². The SMILES string of the molecule is Cc1ccnn1-c1cccc(NC(=O)CCc2ncc(-c3ccccc3)o2)c1. The van der Waals surface area contributed by atoms with Crippen LogP contribution in [0.15, 0.2) is 77.5 Å². The summed E-state index contributed by atoms with van der Waals surface area (Å²) in [6, 6.07) is 19.3. The molecule has 2 heterocycles. The first-order valence-corrected chi connectivity index (χ1v) is 9.10. The normalized spacial score (nSPS) is 10.8. The molecule has 6 nitrogen and oxygen atoms in total. The van der Waals surface area contributed by atoms with Crippen molar-refractivity contribution in [3.05, 3.63) is 84.6 Å². The lowest BCUT2D eigenvalue weighted by Gasteiger charge is -2.08. The number of benzene rings is 2. The van der Waals surface area contributed by atoms with E-state index in [-0.39, 0.29) is 5.91 Å². The van der Waals surface area contributed by atoms with E-state index in [4.69, 9.17) is 4.42 Å². The molecule has 28 heavy (non-hydrogen) atoms. The van der Waals surface area contributed by atoms with Crippen LogP contribution in [-0.2, 0) is 11.2 Å². The van der Waals surface area contributed by atoms with E-state index in [9.17, 15) is 4.79 Å². The third-order valence-corrected chi connectivity index (χ3v) is 4.38. The molecule has 0 aliphatic rings. The van der Waals surface area contributed by atoms with Crippen LogP contribution in [0.5, 0.6) is 0 Å². The average molecular weight is 372 g/mol. The molecule has 1 amide bonds. The highest BCUT2D eigenvalue weighted by Gasteiger charge is 2.10. The summed E-state index contributed by atoms with van der Waals surface area (Å²) >= 11 is 0. The van der Waals surface area contributed by atoms with Gasteiger partial charge in [-0.3, -0.25) is 4.79 Å². The van der Waals surface area contributed by atoms with Gasteiger partial charge in [-0.1, -0.05) is 36.4 Å². The first kappa shape index (κ1) is 17.7. The Bertz CT molecular complexity index is 1080. The van der Waals surface area contributed by atoms with Crippen molar-refractivity contribution < 1.29 is 9.21 Å². The summed E-state index contributed by atoms with van der Waals surface area (Å²) in [6.07, 6.45) is 4.18. The number of carbonyl (C=O) groups excluding carboxylic acids is 1. The van der Waals surface area contributed by atoms with Crippen molar-refractivity contribution in [1.82, 2.24) is 14.8 Å². The zero-order chi connectivity index (χ0) is 19.3. The van der Waals surface area contributed by atoms with Crippen LogP contribution < -0.4 is 5.32 Å². The van der Waals surface area contributed by atoms with Crippen molar-refractivity contribution in [2.75, 3.05) is 5.32 Å². The Morgan fingerprint density at radius 3 is 2.75 bits per heavy atom. The van der Waals surface area contributed by atoms with Gasteiger partial charge in [0.1, 0.15) is 0 Å². The number of anilines is 1. The lowest BCUT2D eigenvalue weighted by Crippen LogP contribution is -2.12. The molecule has 0 atom stereocenters. The van der Waals surface area contributed by atoms with Crippen LogP contribution in [0.3, 0.4) is 0 Å². The van der Waals surface area contributed by atoms with Gasteiger partial charge in [-0.15, -0.1) is 0 Å². The summed E-state index contributed by atoms with van der Waals surface area (Å²) < 4.78 is 7.58. The Hall–Kier alpha value is -3.67. The van der Waals surface area contributed by atoms with Gasteiger partial charge in [0.15, 0.2) is 11.7 Å². The number of oxazole rings is 1. The number of amides is 1. The van der Waals surface area contributed by atoms with Gasteiger partial charge in [-0.2, -0.15) is 5.10 Å². The minimum absolute atomic E-state index is 0.0891. The van der Waals surface area contributed by atoms with Gasteiger partial charge in [0.05, 0.1) is 11.9 Å². The lowest BCUT2D eigenvalue weighted by molar-refractivity contribution is -0.116. The second-order valence-corrected chi connectivity index (χ2v) is 6.47. The second-order valence-electron chi connectivity index (χ2n) is 6.47. The van der Waals surface area contributed by atoms with Crippen LogP contribution in [0.25, 0.3) is 17.0 Å². The Morgan fingerprint density at radius 2 is 1.96 bits per heavy atom. The van der Waals surface area contributed by atoms with Gasteiger partial charge >= 0.3 is 0 Å². The predicted molar refractivity (Wildman–Crippen MR) is 107 cm³/mol. The van der Waals surface area contributed by atoms with Gasteiger partial charge in [-0.25, -0.2) is 9.67 Å². The fourth-order valence-electron chi connectivity index (χ4n) is 2.96. The van der Waals surface area contributed by atoms with E-state index in [0.717, 1.165) is 22.6 Å². The maximum absolute atomic E-state index is 12.3. The summed E-state index contributed by atoms with van der Waals surface area (Å²) in [7, 11) is 0. The van der Waals surface area contributed by atoms with Crippen LogP contribution >= 0.6 is 0 Å². The molecule has 0 spiro atoms. The van der Waals surface area contributed by atoms with Crippen molar-refractivity contribution in [2.45, 2.75) is 19.8 Å². The van der Waals surface area contributed by atoms with Crippen molar-refractivity contribution in [3.8, 4) is 17.0 Å². The topological polar surface area (TPSA) is 73.0 Å². The van der Waals surface area contributed by atoms with Crippen molar-refractivity contribution in [2.24, 2.45) is 0 Å². The molecule has 1 N–H and O–H groups in total. The van der Waals surface area contributed by atoms with E-state index >= 15 is 0 Å². The van der Waals surface area contributed by atoms with E-state index in [1.165, 1.54) is 0 Å². The molecule has 2 aromatic carbocycles. The van der Waals surface area contributed by atoms with Crippen molar-refractivity contribution >= 4 is 11.6 Å². The molecule has 0 radical (unpaired) electrons. The molecule has 0 bridgehead atoms. The largest absolute Gasteiger partial charge is 0.441 e. The molecule has 4 aromatic rings. The molecule has 0 unspecified atom stereocenters. The summed E-state index contributed by atoms with van der Waals surface area (Å²) in [5.41, 5.74) is 3.63. The molecule has 0 saturated carbocycles. The molecule has 6 heteroatoms. The molecular formula is C22H20N4O2. The number of carbonyl (C=O) groups is 1. The van der Waals surface area contributed by atoms with Crippen LogP contribution in [-0.4, -0.2) is 20.7 Å². The number of rotatable bonds is 6. The second kappa shape index (κ2) is 7.92. The molecule has 0 aliphatic carbocycles. The number of hydrogen-bond donors (Lipinski definition) is 1. The summed E-state index contributed by atoms with van der Waals surface area (Å²) in [4.78, 5) is 16.6. The Labute approximate surface area is 162 Å². The highest BCUT2D eigenvalue weighted by atomic mass is 16.4. The molecule has 0 saturated heterocycles. The van der Waals surface area contributed by atoms with Gasteiger partial charge in [0.2, 0.25) is 5.91 Å². The van der Waals surface area contributed by atoms with Crippen molar-refractivity contribution in [3.63, 3.8) is 0 Å². The van der Waals surface area contributed by atoms with Crippen LogP contribution in [0, 0.1) is 6.92 Å². The zero-order valence-corrected chi connectivity index (χ0v) is 15.5. The number of aryl methyl sites for hydroxylation is 2. The molecule has 0 fully saturated rings. The number of nitrogens with one attached hydrogen (secondary N) is 1. The van der Waals surface area contributed by atoms with E-state index in [1.807, 2.05) is 72.3 Å². The fourth-order valence-corrected chi connectivity index (χ4v) is 2.96. The average Bonchev–Trinajstić information content (AvgIpc) is 3.36. The van der Waals surface area contributed by atoms with Gasteiger partial charge < -0.3 is 9.73 Å². The Balaban J connectivity index is 1.37. The van der Waals surface area contributed by atoms with E-state index in [1.54, 1.807) is 12.4 Å². The van der Waals surface area contributed by atoms with Gasteiger partial charge in [0.25, 0.3) is 0 Å². The summed E-state index contributed by atoms with van der Waals surface area (Å²) in [6.45, 7) is 1.98. The fraction of sp³-hybridized carbons (Fsp3) is 0.136. The van der Waals surface area contributed by atoms with Gasteiger partial charge in [0, 0.05) is 36.0 Å². The third kappa shape index (κ3) is 4.01. The quantitative estimate of drug-likeness (QED) is 0.544. The first-order valence-electron chi connectivity index (χ1n) is 9.10. The molecule has 2 aromatic heterocycles. The summed E-state index contributed by atoms with van der Waals surface area (Å²) in [5.74, 6) is 1.17. The zero-order valence-electron chi connectivity index (χ0n) is 15.5. The Kier molecular flexibility index (Phi) is 5.01. The van der Waals surface area contributed by atoms with Crippen molar-refractivity contribution in [1.29, 1.82) is 0 Å². The third-order valence-electron chi connectivity index (χ3n) is 4.38. The molecule has 140 valence electrons. The molecule has 4 rings (SSSR count). The lowest BCUT2D eigenvalue weighted by atomic mass is 10.2. The van der Waals surface area contributed by atoms with E-state index in [2.05, 4.69) is 15.4 Å². The van der Waals surface area contributed by atoms with E-state index < -0.39 is 0 Å². The van der Waals surface area contributed by atoms with Crippen LogP contribution in [0.1, 0.15) is 18.0 Å². The maximum atomic E-state index is 12.3. The minimum atomic E-state index is -0.0891. The van der Waals surface area contributed by atoms with Crippen LogP contribution in [0.2, 0.25) is 0 Å². The molecular weight excluding hydrogens is 352 g/mol. The highest BCUT2D eigenvalue weighted by Crippen LogP contribution is 2.20. The predicted octanol–water partition coefficient (Wildman–Crippen LogP) is 4.41.